The van der Waals surface area contributed by atoms with E-state index in [4.69, 9.17) is 28.3 Å². The second kappa shape index (κ2) is 7.99. The maximum absolute atomic E-state index is 12.2. The van der Waals surface area contributed by atoms with E-state index < -0.39 is 18.4 Å². The number of rotatable bonds is 6. The number of carbonyl (C=O) groups excluding carboxylic acids is 1. The van der Waals surface area contributed by atoms with Gasteiger partial charge in [0.2, 0.25) is 0 Å². The van der Waals surface area contributed by atoms with Crippen molar-refractivity contribution in [1.29, 1.82) is 0 Å². The minimum atomic E-state index is -1.21. The summed E-state index contributed by atoms with van der Waals surface area (Å²) in [6.45, 7) is -0.585. The Morgan fingerprint density at radius 2 is 1.93 bits per heavy atom. The van der Waals surface area contributed by atoms with Crippen molar-refractivity contribution in [3.8, 4) is 5.75 Å². The summed E-state index contributed by atoms with van der Waals surface area (Å²) < 4.78 is 1.38. The van der Waals surface area contributed by atoms with Gasteiger partial charge in [0.05, 0.1) is 0 Å². The molecule has 0 aliphatic rings. The number of aromatic nitrogens is 4. The molecule has 0 bridgehead atoms. The number of aromatic hydroxyl groups is 1. The van der Waals surface area contributed by atoms with Gasteiger partial charge in [-0.25, -0.2) is 14.5 Å². The standard InChI is InChI=1S/C15H11Cl2N5O4S/c16-9-1-7(2-10(17)21-9)5-27-11-3-8(23)13(14-19-6-20-22(11)14)15(26)18-4-12(24)25/h1-3,6,23H,4-5H2,(H,18,26)(H,24,25). The van der Waals surface area contributed by atoms with Crippen LogP contribution in [0.4, 0.5) is 0 Å². The summed E-state index contributed by atoms with van der Waals surface area (Å²) in [4.78, 5) is 30.7. The smallest absolute Gasteiger partial charge is 0.322 e. The molecule has 0 radical (unpaired) electrons. The van der Waals surface area contributed by atoms with Gasteiger partial charge in [-0.15, -0.1) is 11.8 Å². The Kier molecular flexibility index (Phi) is 5.68. The number of carboxylic acids is 1. The van der Waals surface area contributed by atoms with Gasteiger partial charge < -0.3 is 15.5 Å². The number of pyridine rings is 2. The number of nitrogens with zero attached hydrogens (tertiary/aromatic N) is 4. The van der Waals surface area contributed by atoms with E-state index in [1.54, 1.807) is 12.1 Å². The Hall–Kier alpha value is -2.56. The first-order valence-corrected chi connectivity index (χ1v) is 9.09. The highest BCUT2D eigenvalue weighted by atomic mass is 35.5. The van der Waals surface area contributed by atoms with Crippen molar-refractivity contribution in [2.24, 2.45) is 0 Å². The Balaban J connectivity index is 1.89. The van der Waals surface area contributed by atoms with Gasteiger partial charge in [0.25, 0.3) is 5.91 Å². The summed E-state index contributed by atoms with van der Waals surface area (Å²) in [6, 6.07) is 4.67. The zero-order valence-corrected chi connectivity index (χ0v) is 15.7. The van der Waals surface area contributed by atoms with E-state index in [-0.39, 0.29) is 27.3 Å². The van der Waals surface area contributed by atoms with Crippen LogP contribution in [-0.4, -0.2) is 48.2 Å². The van der Waals surface area contributed by atoms with E-state index in [0.29, 0.717) is 10.8 Å². The van der Waals surface area contributed by atoms with E-state index in [0.717, 1.165) is 5.56 Å². The first-order chi connectivity index (χ1) is 12.8. The number of halogens is 2. The van der Waals surface area contributed by atoms with Gasteiger partial charge >= 0.3 is 5.97 Å². The molecule has 3 aromatic rings. The highest BCUT2D eigenvalue weighted by Crippen LogP contribution is 2.31. The van der Waals surface area contributed by atoms with Crippen LogP contribution >= 0.6 is 35.0 Å². The minimum absolute atomic E-state index is 0.103. The van der Waals surface area contributed by atoms with Crippen molar-refractivity contribution in [1.82, 2.24) is 24.9 Å². The Labute approximate surface area is 166 Å². The fourth-order valence-corrected chi connectivity index (χ4v) is 3.70. The summed E-state index contributed by atoms with van der Waals surface area (Å²) in [6.07, 6.45) is 1.23. The lowest BCUT2D eigenvalue weighted by Crippen LogP contribution is -2.29. The third kappa shape index (κ3) is 4.41. The molecule has 0 atom stereocenters. The molecule has 3 heterocycles. The third-order valence-electron chi connectivity index (χ3n) is 3.33. The molecular formula is C15H11Cl2N5O4S. The highest BCUT2D eigenvalue weighted by molar-refractivity contribution is 7.98. The lowest BCUT2D eigenvalue weighted by atomic mass is 10.2. The van der Waals surface area contributed by atoms with Crippen LogP contribution in [0.2, 0.25) is 10.3 Å². The number of hydrogen-bond donors (Lipinski definition) is 3. The molecule has 0 fully saturated rings. The summed E-state index contributed by atoms with van der Waals surface area (Å²) in [7, 11) is 0. The third-order valence-corrected chi connectivity index (χ3v) is 4.78. The van der Waals surface area contributed by atoms with Gasteiger partial charge in [-0.05, 0) is 17.7 Å². The molecule has 3 aromatic heterocycles. The van der Waals surface area contributed by atoms with E-state index in [1.807, 2.05) is 0 Å². The first kappa shape index (κ1) is 19.2. The van der Waals surface area contributed by atoms with E-state index in [2.05, 4.69) is 20.4 Å². The topological polar surface area (TPSA) is 130 Å². The molecule has 0 unspecified atom stereocenters. The Morgan fingerprint density at radius 3 is 2.59 bits per heavy atom. The fourth-order valence-electron chi connectivity index (χ4n) is 2.26. The lowest BCUT2D eigenvalue weighted by Gasteiger charge is -2.10. The van der Waals surface area contributed by atoms with Crippen molar-refractivity contribution in [2.45, 2.75) is 10.8 Å². The van der Waals surface area contributed by atoms with Crippen LogP contribution in [-0.2, 0) is 10.5 Å². The van der Waals surface area contributed by atoms with Gasteiger partial charge in [0, 0.05) is 11.8 Å². The molecule has 9 nitrogen and oxygen atoms in total. The number of carboxylic acid groups (broad SMARTS) is 1. The van der Waals surface area contributed by atoms with Crippen molar-refractivity contribution < 1.29 is 19.8 Å². The maximum atomic E-state index is 12.2. The normalized spacial score (nSPS) is 10.9. The van der Waals surface area contributed by atoms with Crippen LogP contribution in [0.1, 0.15) is 15.9 Å². The van der Waals surface area contributed by atoms with E-state index in [9.17, 15) is 14.7 Å². The first-order valence-electron chi connectivity index (χ1n) is 7.35. The molecule has 3 N–H and O–H groups in total. The molecule has 0 spiro atoms. The van der Waals surface area contributed by atoms with E-state index in [1.165, 1.54) is 28.7 Å². The van der Waals surface area contributed by atoms with Gasteiger partial charge in [-0.1, -0.05) is 23.2 Å². The van der Waals surface area contributed by atoms with Crippen LogP contribution in [0.25, 0.3) is 5.65 Å². The van der Waals surface area contributed by atoms with Crippen LogP contribution in [0.5, 0.6) is 5.75 Å². The zero-order chi connectivity index (χ0) is 19.6. The lowest BCUT2D eigenvalue weighted by molar-refractivity contribution is -0.135. The quantitative estimate of drug-likeness (QED) is 0.403. The molecule has 0 saturated heterocycles. The average molecular weight is 428 g/mol. The van der Waals surface area contributed by atoms with Crippen molar-refractivity contribution in [3.05, 3.63) is 46.0 Å². The molecule has 12 heteroatoms. The molecule has 27 heavy (non-hydrogen) atoms. The van der Waals surface area contributed by atoms with Gasteiger partial charge in [-0.3, -0.25) is 9.59 Å². The second-order valence-electron chi connectivity index (χ2n) is 5.22. The highest BCUT2D eigenvalue weighted by Gasteiger charge is 2.21. The van der Waals surface area contributed by atoms with Crippen LogP contribution < -0.4 is 5.32 Å². The number of fused-ring (bicyclic) bond motifs is 1. The second-order valence-corrected chi connectivity index (χ2v) is 6.99. The summed E-state index contributed by atoms with van der Waals surface area (Å²) >= 11 is 13.1. The Morgan fingerprint density at radius 1 is 1.22 bits per heavy atom. The van der Waals surface area contributed by atoms with Crippen molar-refractivity contribution in [2.75, 3.05) is 6.54 Å². The van der Waals surface area contributed by atoms with Gasteiger partial charge in [0.15, 0.2) is 5.65 Å². The Bertz CT molecular complexity index is 1020. The summed E-state index contributed by atoms with van der Waals surface area (Å²) in [5.74, 6) is -1.87. The maximum Gasteiger partial charge on any atom is 0.322 e. The largest absolute Gasteiger partial charge is 0.507 e. The predicted octanol–water partition coefficient (Wildman–Crippen LogP) is 2.24. The number of amides is 1. The molecule has 0 aliphatic heterocycles. The van der Waals surface area contributed by atoms with Crippen molar-refractivity contribution >= 4 is 52.5 Å². The molecule has 0 saturated carbocycles. The van der Waals surface area contributed by atoms with Gasteiger partial charge in [0.1, 0.15) is 39.5 Å². The molecule has 3 rings (SSSR count). The van der Waals surface area contributed by atoms with Gasteiger partial charge in [-0.2, -0.15) is 5.10 Å². The molecule has 0 aromatic carbocycles. The minimum Gasteiger partial charge on any atom is -0.507 e. The number of aliphatic carboxylic acids is 1. The van der Waals surface area contributed by atoms with E-state index >= 15 is 0 Å². The van der Waals surface area contributed by atoms with Crippen molar-refractivity contribution in [3.63, 3.8) is 0 Å². The summed E-state index contributed by atoms with van der Waals surface area (Å²) in [5, 5.41) is 26.2. The fraction of sp³-hybridized carbons (Fsp3) is 0.133. The molecule has 140 valence electrons. The molecule has 0 aliphatic carbocycles. The molecular weight excluding hydrogens is 417 g/mol. The summed E-state index contributed by atoms with van der Waals surface area (Å²) in [5.41, 5.74) is 0.750. The van der Waals surface area contributed by atoms with Crippen LogP contribution in [0, 0.1) is 0 Å². The monoisotopic (exact) mass is 427 g/mol. The van der Waals surface area contributed by atoms with Crippen LogP contribution in [0.15, 0.2) is 29.6 Å². The SMILES string of the molecule is O=C(O)CNC(=O)c1c(O)cc(SCc2cc(Cl)nc(Cl)c2)n2ncnc12. The number of hydrogen-bond acceptors (Lipinski definition) is 7. The number of nitrogens with one attached hydrogen (secondary N) is 1. The van der Waals surface area contributed by atoms with Crippen LogP contribution in [0.3, 0.4) is 0 Å². The predicted molar refractivity (Wildman–Crippen MR) is 98.4 cm³/mol. The zero-order valence-electron chi connectivity index (χ0n) is 13.4. The molecule has 1 amide bonds. The number of thioether (sulfide) groups is 1. The average Bonchev–Trinajstić information content (AvgIpc) is 3.06. The number of carbonyl (C=O) groups is 2.